The van der Waals surface area contributed by atoms with Crippen LogP contribution < -0.4 is 14.8 Å². The zero-order chi connectivity index (χ0) is 17.7. The van der Waals surface area contributed by atoms with Crippen molar-refractivity contribution in [3.63, 3.8) is 0 Å². The molecule has 2 aromatic rings. The number of halogens is 2. The third kappa shape index (κ3) is 2.94. The van der Waals surface area contributed by atoms with E-state index in [-0.39, 0.29) is 11.3 Å². The van der Waals surface area contributed by atoms with Gasteiger partial charge in [-0.3, -0.25) is 4.79 Å². The largest absolute Gasteiger partial charge is 0.486 e. The lowest BCUT2D eigenvalue weighted by Gasteiger charge is -2.18. The number of nitrogens with one attached hydrogen (secondary N) is 1. The summed E-state index contributed by atoms with van der Waals surface area (Å²) >= 11 is 12.4. The average molecular weight is 378 g/mol. The van der Waals surface area contributed by atoms with Gasteiger partial charge in [-0.1, -0.05) is 19.1 Å². The lowest BCUT2D eigenvalue weighted by Crippen LogP contribution is -2.17. The number of hydrogen-bond donors (Lipinski definition) is 1. The normalized spacial score (nSPS) is 23.0. The van der Waals surface area contributed by atoms with Crippen LogP contribution in [-0.4, -0.2) is 23.5 Å². The molecule has 4 nitrogen and oxygen atoms in total. The molecular formula is C19H17Cl2NO3. The highest BCUT2D eigenvalue weighted by molar-refractivity contribution is 6.52. The molecule has 1 unspecified atom stereocenters. The van der Waals surface area contributed by atoms with Gasteiger partial charge >= 0.3 is 0 Å². The van der Waals surface area contributed by atoms with E-state index >= 15 is 0 Å². The van der Waals surface area contributed by atoms with Gasteiger partial charge in [0.15, 0.2) is 11.5 Å². The van der Waals surface area contributed by atoms with Crippen LogP contribution in [0.15, 0.2) is 42.5 Å². The molecular weight excluding hydrogens is 361 g/mol. The van der Waals surface area contributed by atoms with Crippen LogP contribution in [0.2, 0.25) is 0 Å². The van der Waals surface area contributed by atoms with Crippen LogP contribution in [0, 0.1) is 0 Å². The molecule has 0 bridgehead atoms. The molecule has 130 valence electrons. The highest BCUT2D eigenvalue weighted by atomic mass is 35.5. The second-order valence-electron chi connectivity index (χ2n) is 6.60. The summed E-state index contributed by atoms with van der Waals surface area (Å²) in [7, 11) is 0. The van der Waals surface area contributed by atoms with Gasteiger partial charge in [-0.25, -0.2) is 0 Å². The molecule has 25 heavy (non-hydrogen) atoms. The standard InChI is InChI=1S/C19H17Cl2NO3/c1-18(11-19(18,20)21)13-3-5-14(6-4-13)22-17(23)12-2-7-15-16(10-12)25-9-8-24-15/h2-7,10H,8-9,11H2,1H3,(H,22,23). The molecule has 1 saturated carbocycles. The maximum atomic E-state index is 12.4. The summed E-state index contributed by atoms with van der Waals surface area (Å²) in [5, 5.41) is 2.88. The van der Waals surface area contributed by atoms with Crippen LogP contribution in [0.5, 0.6) is 11.5 Å². The van der Waals surface area contributed by atoms with E-state index in [0.717, 1.165) is 12.0 Å². The van der Waals surface area contributed by atoms with Crippen LogP contribution in [0.25, 0.3) is 0 Å². The molecule has 0 spiro atoms. The van der Waals surface area contributed by atoms with E-state index in [9.17, 15) is 4.79 Å². The maximum Gasteiger partial charge on any atom is 0.255 e. The molecule has 1 N–H and O–H groups in total. The SMILES string of the molecule is CC1(c2ccc(NC(=O)c3ccc4c(c3)OCCO4)cc2)CC1(Cl)Cl. The van der Waals surface area contributed by atoms with Crippen molar-refractivity contribution in [2.75, 3.05) is 18.5 Å². The summed E-state index contributed by atoms with van der Waals surface area (Å²) in [6, 6.07) is 12.8. The van der Waals surface area contributed by atoms with Crippen molar-refractivity contribution in [1.29, 1.82) is 0 Å². The van der Waals surface area contributed by atoms with Crippen LogP contribution in [0.1, 0.15) is 29.3 Å². The Hall–Kier alpha value is -1.91. The number of fused-ring (bicyclic) bond motifs is 1. The fraction of sp³-hybridized carbons (Fsp3) is 0.316. The maximum absolute atomic E-state index is 12.4. The minimum atomic E-state index is -0.705. The van der Waals surface area contributed by atoms with Crippen molar-refractivity contribution in [1.82, 2.24) is 0 Å². The third-order valence-corrected chi connectivity index (χ3v) is 5.94. The molecule has 6 heteroatoms. The molecule has 1 fully saturated rings. The van der Waals surface area contributed by atoms with Gasteiger partial charge in [0, 0.05) is 16.7 Å². The fourth-order valence-corrected chi connectivity index (χ4v) is 3.78. The van der Waals surface area contributed by atoms with Crippen molar-refractivity contribution in [3.8, 4) is 11.5 Å². The molecule has 4 rings (SSSR count). The molecule has 1 atom stereocenters. The molecule has 1 aliphatic heterocycles. The number of hydrogen-bond acceptors (Lipinski definition) is 3. The van der Waals surface area contributed by atoms with Crippen molar-refractivity contribution < 1.29 is 14.3 Å². The minimum Gasteiger partial charge on any atom is -0.486 e. The Morgan fingerprint density at radius 1 is 1.04 bits per heavy atom. The van der Waals surface area contributed by atoms with Gasteiger partial charge < -0.3 is 14.8 Å². The number of carbonyl (C=O) groups excluding carboxylic acids is 1. The smallest absolute Gasteiger partial charge is 0.255 e. The quantitative estimate of drug-likeness (QED) is 0.798. The Bertz CT molecular complexity index is 835. The minimum absolute atomic E-state index is 0.202. The summed E-state index contributed by atoms with van der Waals surface area (Å²) in [6.07, 6.45) is 0.728. The number of alkyl halides is 2. The number of carbonyl (C=O) groups is 1. The number of rotatable bonds is 3. The fourth-order valence-electron chi connectivity index (χ4n) is 3.02. The molecule has 1 heterocycles. The van der Waals surface area contributed by atoms with Crippen LogP contribution in [0.3, 0.4) is 0 Å². The van der Waals surface area contributed by atoms with Crippen LogP contribution in [-0.2, 0) is 5.41 Å². The molecule has 0 aromatic heterocycles. The Balaban J connectivity index is 1.48. The summed E-state index contributed by atoms with van der Waals surface area (Å²) in [5.74, 6) is 1.05. The van der Waals surface area contributed by atoms with E-state index in [1.807, 2.05) is 31.2 Å². The lowest BCUT2D eigenvalue weighted by molar-refractivity contribution is 0.102. The summed E-state index contributed by atoms with van der Waals surface area (Å²) in [4.78, 5) is 12.4. The van der Waals surface area contributed by atoms with Gasteiger partial charge in [-0.2, -0.15) is 0 Å². The van der Waals surface area contributed by atoms with Crippen molar-refractivity contribution >= 4 is 34.8 Å². The number of anilines is 1. The van der Waals surface area contributed by atoms with Gasteiger partial charge in [0.25, 0.3) is 5.91 Å². The van der Waals surface area contributed by atoms with Gasteiger partial charge in [0.1, 0.15) is 17.5 Å². The topological polar surface area (TPSA) is 47.6 Å². The summed E-state index contributed by atoms with van der Waals surface area (Å²) in [5.41, 5.74) is 2.06. The van der Waals surface area contributed by atoms with E-state index in [1.165, 1.54) is 0 Å². The predicted octanol–water partition coefficient (Wildman–Crippen LogP) is 4.55. The summed E-state index contributed by atoms with van der Waals surface area (Å²) < 4.78 is 10.3. The van der Waals surface area contributed by atoms with E-state index in [0.29, 0.717) is 36.0 Å². The summed E-state index contributed by atoms with van der Waals surface area (Å²) in [6.45, 7) is 3.05. The first-order valence-electron chi connectivity index (χ1n) is 8.08. The van der Waals surface area contributed by atoms with Crippen LogP contribution in [0.4, 0.5) is 5.69 Å². The van der Waals surface area contributed by atoms with E-state index in [1.54, 1.807) is 18.2 Å². The predicted molar refractivity (Wildman–Crippen MR) is 98.2 cm³/mol. The van der Waals surface area contributed by atoms with Crippen molar-refractivity contribution in [2.45, 2.75) is 23.1 Å². The van der Waals surface area contributed by atoms with Crippen molar-refractivity contribution in [2.24, 2.45) is 0 Å². The first-order chi connectivity index (χ1) is 11.9. The Morgan fingerprint density at radius 2 is 1.68 bits per heavy atom. The molecule has 1 aliphatic carbocycles. The monoisotopic (exact) mass is 377 g/mol. The van der Waals surface area contributed by atoms with Gasteiger partial charge in [-0.05, 0) is 42.3 Å². The molecule has 0 saturated heterocycles. The van der Waals surface area contributed by atoms with Crippen LogP contribution >= 0.6 is 23.2 Å². The molecule has 2 aliphatic rings. The molecule has 1 amide bonds. The first kappa shape index (κ1) is 16.6. The van der Waals surface area contributed by atoms with Gasteiger partial charge in [-0.15, -0.1) is 23.2 Å². The van der Waals surface area contributed by atoms with Gasteiger partial charge in [0.05, 0.1) is 0 Å². The zero-order valence-electron chi connectivity index (χ0n) is 13.6. The lowest BCUT2D eigenvalue weighted by atomic mass is 9.98. The second-order valence-corrected chi connectivity index (χ2v) is 8.09. The van der Waals surface area contributed by atoms with Gasteiger partial charge in [0.2, 0.25) is 0 Å². The number of benzene rings is 2. The van der Waals surface area contributed by atoms with E-state index < -0.39 is 4.33 Å². The Labute approximate surface area is 156 Å². The number of ether oxygens (including phenoxy) is 2. The average Bonchev–Trinajstić information content (AvgIpc) is 3.14. The Kier molecular flexibility index (Phi) is 3.85. The van der Waals surface area contributed by atoms with E-state index in [2.05, 4.69) is 5.32 Å². The second kappa shape index (κ2) is 5.82. The Morgan fingerprint density at radius 3 is 2.32 bits per heavy atom. The zero-order valence-corrected chi connectivity index (χ0v) is 15.2. The highest BCUT2D eigenvalue weighted by Crippen LogP contribution is 2.64. The highest BCUT2D eigenvalue weighted by Gasteiger charge is 2.63. The van der Waals surface area contributed by atoms with E-state index in [4.69, 9.17) is 32.7 Å². The molecule has 0 radical (unpaired) electrons. The number of amides is 1. The van der Waals surface area contributed by atoms with Crippen molar-refractivity contribution in [3.05, 3.63) is 53.6 Å². The third-order valence-electron chi connectivity index (χ3n) is 4.84. The first-order valence-corrected chi connectivity index (χ1v) is 8.84. The molecule has 2 aromatic carbocycles.